The number of carbonyl (C=O) groups excluding carboxylic acids is 6. The van der Waals surface area contributed by atoms with Gasteiger partial charge in [0, 0.05) is 48.3 Å². The van der Waals surface area contributed by atoms with E-state index in [-0.39, 0.29) is 35.8 Å². The molecular formula is C36H34N6O6S. The van der Waals surface area contributed by atoms with E-state index in [1.54, 1.807) is 35.0 Å². The van der Waals surface area contributed by atoms with Gasteiger partial charge in [-0.15, -0.1) is 11.8 Å². The van der Waals surface area contributed by atoms with Crippen LogP contribution in [0.15, 0.2) is 71.8 Å². The molecule has 3 N–H and O–H groups in total. The van der Waals surface area contributed by atoms with Gasteiger partial charge >= 0.3 is 0 Å². The number of benzene rings is 3. The number of hydrogen-bond donors (Lipinski definition) is 2. The molecule has 1 aromatic heterocycles. The van der Waals surface area contributed by atoms with Crippen LogP contribution in [0.5, 0.6) is 0 Å². The number of hydrogen-bond acceptors (Lipinski definition) is 8. The molecule has 4 aromatic rings. The molecule has 49 heavy (non-hydrogen) atoms. The maximum absolute atomic E-state index is 13.4. The molecule has 0 bridgehead atoms. The Morgan fingerprint density at radius 2 is 1.76 bits per heavy atom. The molecule has 6 amide bonds. The highest BCUT2D eigenvalue weighted by Gasteiger charge is 2.45. The minimum Gasteiger partial charge on any atom is -0.366 e. The molecule has 2 saturated heterocycles. The van der Waals surface area contributed by atoms with Gasteiger partial charge in [-0.1, -0.05) is 30.3 Å². The molecule has 3 aliphatic rings. The first kappa shape index (κ1) is 32.3. The monoisotopic (exact) mass is 678 g/mol. The smallest absolute Gasteiger partial charge is 0.263 e. The molecule has 12 nitrogen and oxygen atoms in total. The number of amides is 6. The number of nitrogens with one attached hydrogen (secondary N) is 1. The maximum atomic E-state index is 13.4. The second kappa shape index (κ2) is 13.3. The molecular weight excluding hydrogens is 644 g/mol. The minimum absolute atomic E-state index is 0.0642. The van der Waals surface area contributed by atoms with E-state index < -0.39 is 35.6 Å². The lowest BCUT2D eigenvalue weighted by atomic mass is 9.90. The topological polar surface area (TPSA) is 165 Å². The van der Waals surface area contributed by atoms with E-state index >= 15 is 0 Å². The zero-order valence-electron chi connectivity index (χ0n) is 26.6. The average Bonchev–Trinajstić information content (AvgIpc) is 3.65. The standard InChI is InChI=1S/C36H34N6O6S/c37-33(45)26-8-1-5-23-20-41(39-32(23)26)24-13-11-21(12-14-24)22-6-3-17-40(19-22)30(44)10-4-18-49-28-9-2-7-25-31(28)36(48)42(35(25)47)27-15-16-29(43)38-34(27)46/h1-2,5,7-9,11-14,20,22,27H,3-4,6,10,15-19H2,(H2,37,45)(H,38,43,46)/t22-,27?/m1/s1. The number of imide groups is 2. The van der Waals surface area contributed by atoms with Crippen molar-refractivity contribution in [3.8, 4) is 5.69 Å². The van der Waals surface area contributed by atoms with Crippen molar-refractivity contribution in [2.75, 3.05) is 18.8 Å². The molecule has 1 unspecified atom stereocenters. The Kier molecular flexibility index (Phi) is 8.76. The van der Waals surface area contributed by atoms with Gasteiger partial charge in [0.25, 0.3) is 17.7 Å². The first-order valence-electron chi connectivity index (χ1n) is 16.3. The number of thioether (sulfide) groups is 1. The third-order valence-corrected chi connectivity index (χ3v) is 10.6. The zero-order chi connectivity index (χ0) is 34.2. The molecule has 250 valence electrons. The molecule has 4 heterocycles. The van der Waals surface area contributed by atoms with Crippen molar-refractivity contribution in [1.29, 1.82) is 0 Å². The van der Waals surface area contributed by atoms with Crippen molar-refractivity contribution in [2.24, 2.45) is 5.73 Å². The summed E-state index contributed by atoms with van der Waals surface area (Å²) in [6.45, 7) is 1.35. The summed E-state index contributed by atoms with van der Waals surface area (Å²) >= 11 is 1.42. The van der Waals surface area contributed by atoms with Gasteiger partial charge in [-0.05, 0) is 67.3 Å². The van der Waals surface area contributed by atoms with E-state index in [2.05, 4.69) is 22.5 Å². The van der Waals surface area contributed by atoms with E-state index in [4.69, 9.17) is 5.73 Å². The second-order valence-electron chi connectivity index (χ2n) is 12.5. The van der Waals surface area contributed by atoms with Crippen LogP contribution in [0.1, 0.15) is 81.1 Å². The summed E-state index contributed by atoms with van der Waals surface area (Å²) in [5.41, 5.74) is 8.99. The number of carbonyl (C=O) groups is 6. The fourth-order valence-electron chi connectivity index (χ4n) is 6.92. The number of likely N-dealkylation sites (tertiary alicyclic amines) is 1. The lowest BCUT2D eigenvalue weighted by Gasteiger charge is -2.33. The summed E-state index contributed by atoms with van der Waals surface area (Å²) in [6.07, 6.45) is 4.88. The largest absolute Gasteiger partial charge is 0.366 e. The van der Waals surface area contributed by atoms with E-state index in [9.17, 15) is 28.8 Å². The fourth-order valence-corrected chi connectivity index (χ4v) is 7.94. The van der Waals surface area contributed by atoms with Gasteiger partial charge in [-0.2, -0.15) is 5.10 Å². The molecule has 3 aromatic carbocycles. The summed E-state index contributed by atoms with van der Waals surface area (Å²) in [5.74, 6) is -1.77. The molecule has 0 spiro atoms. The number of nitrogens with two attached hydrogens (primary N) is 1. The maximum Gasteiger partial charge on any atom is 0.263 e. The molecule has 3 aliphatic heterocycles. The number of primary amides is 1. The Labute approximate surface area is 286 Å². The third-order valence-electron chi connectivity index (χ3n) is 9.43. The summed E-state index contributed by atoms with van der Waals surface area (Å²) in [7, 11) is 0. The SMILES string of the molecule is NC(=O)c1cccc2cn(-c3ccc([C@@H]4CCCN(C(=O)CCCSc5cccc6c5C(=O)N(C5CCC(=O)NC5=O)C6=O)C4)cc3)nc12. The Morgan fingerprint density at radius 3 is 2.53 bits per heavy atom. The third kappa shape index (κ3) is 6.21. The first-order chi connectivity index (χ1) is 23.7. The van der Waals surface area contributed by atoms with Crippen molar-refractivity contribution in [1.82, 2.24) is 24.9 Å². The van der Waals surface area contributed by atoms with E-state index in [1.807, 2.05) is 29.3 Å². The van der Waals surface area contributed by atoms with Gasteiger partial charge in [0.1, 0.15) is 11.6 Å². The average molecular weight is 679 g/mol. The Hall–Kier alpha value is -5.30. The van der Waals surface area contributed by atoms with Crippen molar-refractivity contribution in [3.63, 3.8) is 0 Å². The van der Waals surface area contributed by atoms with Crippen LogP contribution in [0.3, 0.4) is 0 Å². The lowest BCUT2D eigenvalue weighted by Crippen LogP contribution is -2.54. The zero-order valence-corrected chi connectivity index (χ0v) is 27.4. The Bertz CT molecular complexity index is 2020. The predicted molar refractivity (Wildman–Crippen MR) is 181 cm³/mol. The van der Waals surface area contributed by atoms with Gasteiger partial charge in [0.15, 0.2) is 0 Å². The Balaban J connectivity index is 0.937. The van der Waals surface area contributed by atoms with Crippen molar-refractivity contribution < 1.29 is 28.8 Å². The quantitative estimate of drug-likeness (QED) is 0.153. The number of aromatic nitrogens is 2. The van der Waals surface area contributed by atoms with Crippen LogP contribution in [-0.2, 0) is 14.4 Å². The van der Waals surface area contributed by atoms with Gasteiger partial charge in [0.05, 0.1) is 22.4 Å². The fraction of sp³-hybridized carbons (Fsp3) is 0.306. The highest BCUT2D eigenvalue weighted by Crippen LogP contribution is 2.35. The predicted octanol–water partition coefficient (Wildman–Crippen LogP) is 3.80. The molecule has 0 saturated carbocycles. The molecule has 7 rings (SSSR count). The molecule has 0 radical (unpaired) electrons. The highest BCUT2D eigenvalue weighted by molar-refractivity contribution is 7.99. The van der Waals surface area contributed by atoms with Gasteiger partial charge < -0.3 is 10.6 Å². The number of fused-ring (bicyclic) bond motifs is 2. The minimum atomic E-state index is -1.01. The number of nitrogens with zero attached hydrogens (tertiary/aromatic N) is 4. The van der Waals surface area contributed by atoms with E-state index in [1.165, 1.54) is 11.8 Å². The summed E-state index contributed by atoms with van der Waals surface area (Å²) < 4.78 is 1.74. The van der Waals surface area contributed by atoms with Gasteiger partial charge in [-0.25, -0.2) is 4.68 Å². The van der Waals surface area contributed by atoms with Crippen molar-refractivity contribution in [2.45, 2.75) is 55.4 Å². The normalized spacial score (nSPS) is 19.3. The highest BCUT2D eigenvalue weighted by atomic mass is 32.2. The van der Waals surface area contributed by atoms with E-state index in [0.29, 0.717) is 47.7 Å². The second-order valence-corrected chi connectivity index (χ2v) is 13.7. The van der Waals surface area contributed by atoms with Crippen LogP contribution in [-0.4, -0.2) is 79.9 Å². The molecule has 2 atom stereocenters. The summed E-state index contributed by atoms with van der Waals surface area (Å²) in [5, 5.41) is 7.63. The molecule has 0 aliphatic carbocycles. The van der Waals surface area contributed by atoms with E-state index in [0.717, 1.165) is 34.4 Å². The van der Waals surface area contributed by atoms with Crippen LogP contribution in [0.2, 0.25) is 0 Å². The Morgan fingerprint density at radius 1 is 0.959 bits per heavy atom. The summed E-state index contributed by atoms with van der Waals surface area (Å²) in [4.78, 5) is 79.1. The van der Waals surface area contributed by atoms with Crippen molar-refractivity contribution in [3.05, 3.63) is 89.1 Å². The number of piperidine rings is 2. The van der Waals surface area contributed by atoms with Gasteiger partial charge in [-0.3, -0.25) is 39.0 Å². The summed E-state index contributed by atoms with van der Waals surface area (Å²) in [6, 6.07) is 17.5. The lowest BCUT2D eigenvalue weighted by molar-refractivity contribution is -0.136. The van der Waals surface area contributed by atoms with Gasteiger partial charge in [0.2, 0.25) is 17.7 Å². The molecule has 13 heteroatoms. The van der Waals surface area contributed by atoms with Crippen molar-refractivity contribution >= 4 is 58.1 Å². The number of rotatable bonds is 9. The van der Waals surface area contributed by atoms with Crippen LogP contribution < -0.4 is 11.1 Å². The van der Waals surface area contributed by atoms with Crippen LogP contribution in [0, 0.1) is 0 Å². The van der Waals surface area contributed by atoms with Crippen LogP contribution in [0.4, 0.5) is 0 Å². The first-order valence-corrected chi connectivity index (χ1v) is 17.3. The molecule has 2 fully saturated rings. The van der Waals surface area contributed by atoms with Crippen LogP contribution in [0.25, 0.3) is 16.6 Å². The van der Waals surface area contributed by atoms with Crippen LogP contribution >= 0.6 is 11.8 Å².